The lowest BCUT2D eigenvalue weighted by Crippen LogP contribution is -2.21. The number of pyridine rings is 2. The van der Waals surface area contributed by atoms with E-state index in [9.17, 15) is 13.6 Å². The summed E-state index contributed by atoms with van der Waals surface area (Å²) in [6.07, 6.45) is 2.70. The lowest BCUT2D eigenvalue weighted by Gasteiger charge is -2.15. The molecule has 0 aliphatic rings. The molecule has 0 amide bonds. The zero-order valence-electron chi connectivity index (χ0n) is 18.9. The molecule has 0 aliphatic carbocycles. The van der Waals surface area contributed by atoms with Gasteiger partial charge >= 0.3 is 0 Å². The van der Waals surface area contributed by atoms with Crippen LogP contribution in [0, 0.1) is 18.6 Å². The molecular weight excluding hydrogens is 468 g/mol. The minimum absolute atomic E-state index is 0.00761. The van der Waals surface area contributed by atoms with Gasteiger partial charge in [-0.15, -0.1) is 0 Å². The van der Waals surface area contributed by atoms with Crippen molar-refractivity contribution >= 4 is 33.8 Å². The Bertz CT molecular complexity index is 1670. The molecule has 3 heterocycles. The SMILES string of the molecule is Cc1cc2ccnc(Nc3ccc(Oc4ncnc(N)c4N)c(F)c3)c2c(=O)n1-c1ccc(F)cc1. The maximum Gasteiger partial charge on any atom is 0.266 e. The number of fused-ring (bicyclic) bond motifs is 1. The molecule has 180 valence electrons. The quantitative estimate of drug-likeness (QED) is 0.331. The molecule has 0 saturated carbocycles. The van der Waals surface area contributed by atoms with Crippen LogP contribution in [-0.4, -0.2) is 19.5 Å². The van der Waals surface area contributed by atoms with E-state index in [1.165, 1.54) is 41.0 Å². The number of rotatable bonds is 5. The number of aromatic nitrogens is 4. The molecule has 0 aliphatic heterocycles. The topological polar surface area (TPSA) is 134 Å². The van der Waals surface area contributed by atoms with Crippen LogP contribution < -0.4 is 27.1 Å². The molecule has 0 radical (unpaired) electrons. The molecule has 2 aromatic carbocycles. The third-order valence-electron chi connectivity index (χ3n) is 5.48. The average molecular weight is 487 g/mol. The van der Waals surface area contributed by atoms with E-state index in [1.54, 1.807) is 25.3 Å². The Morgan fingerprint density at radius 3 is 2.50 bits per heavy atom. The van der Waals surface area contributed by atoms with Crippen LogP contribution in [0.3, 0.4) is 0 Å². The Kier molecular flexibility index (Phi) is 5.65. The van der Waals surface area contributed by atoms with Gasteiger partial charge in [-0.1, -0.05) is 0 Å². The number of halogens is 2. The number of hydrogen-bond acceptors (Lipinski definition) is 8. The Balaban J connectivity index is 1.52. The molecule has 5 rings (SSSR count). The summed E-state index contributed by atoms with van der Waals surface area (Å²) < 4.78 is 35.2. The number of benzene rings is 2. The number of hydrogen-bond donors (Lipinski definition) is 3. The van der Waals surface area contributed by atoms with Crippen molar-refractivity contribution in [2.24, 2.45) is 0 Å². The van der Waals surface area contributed by atoms with Gasteiger partial charge in [-0.25, -0.2) is 18.7 Å². The van der Waals surface area contributed by atoms with Gasteiger partial charge in [-0.3, -0.25) is 9.36 Å². The summed E-state index contributed by atoms with van der Waals surface area (Å²) in [5, 5.41) is 3.93. The number of nitrogens with one attached hydrogen (secondary N) is 1. The normalized spacial score (nSPS) is 11.0. The van der Waals surface area contributed by atoms with Crippen molar-refractivity contribution in [3.8, 4) is 17.3 Å². The first-order valence-corrected chi connectivity index (χ1v) is 10.7. The van der Waals surface area contributed by atoms with Crippen molar-refractivity contribution in [2.45, 2.75) is 6.92 Å². The van der Waals surface area contributed by atoms with E-state index in [1.807, 2.05) is 6.07 Å². The fourth-order valence-corrected chi connectivity index (χ4v) is 3.76. The molecule has 3 aromatic heterocycles. The molecular formula is C25H19F2N7O2. The van der Waals surface area contributed by atoms with Gasteiger partial charge in [-0.05, 0) is 60.8 Å². The molecule has 5 N–H and O–H groups in total. The van der Waals surface area contributed by atoms with Crippen LogP contribution in [0.5, 0.6) is 11.6 Å². The summed E-state index contributed by atoms with van der Waals surface area (Å²) >= 11 is 0. The van der Waals surface area contributed by atoms with Gasteiger partial charge in [0.1, 0.15) is 23.6 Å². The Morgan fingerprint density at radius 2 is 1.75 bits per heavy atom. The maximum atomic E-state index is 14.8. The van der Waals surface area contributed by atoms with Crippen LogP contribution in [0.1, 0.15) is 5.69 Å². The van der Waals surface area contributed by atoms with Crippen molar-refractivity contribution in [2.75, 3.05) is 16.8 Å². The molecule has 0 saturated heterocycles. The third kappa shape index (κ3) is 4.13. The number of aryl methyl sites for hydroxylation is 1. The summed E-state index contributed by atoms with van der Waals surface area (Å²) in [4.78, 5) is 25.4. The van der Waals surface area contributed by atoms with E-state index in [2.05, 4.69) is 20.3 Å². The highest BCUT2D eigenvalue weighted by molar-refractivity contribution is 5.93. The van der Waals surface area contributed by atoms with Gasteiger partial charge in [0.2, 0.25) is 5.88 Å². The Labute approximate surface area is 203 Å². The molecule has 5 aromatic rings. The van der Waals surface area contributed by atoms with Gasteiger partial charge in [-0.2, -0.15) is 4.98 Å². The van der Waals surface area contributed by atoms with Crippen LogP contribution in [0.25, 0.3) is 16.5 Å². The van der Waals surface area contributed by atoms with Crippen molar-refractivity contribution < 1.29 is 13.5 Å². The highest BCUT2D eigenvalue weighted by Crippen LogP contribution is 2.31. The predicted octanol–water partition coefficient (Wildman–Crippen LogP) is 4.46. The monoisotopic (exact) mass is 487 g/mol. The zero-order valence-corrected chi connectivity index (χ0v) is 18.9. The number of nitrogens with two attached hydrogens (primary N) is 2. The van der Waals surface area contributed by atoms with Gasteiger partial charge in [0, 0.05) is 29.3 Å². The van der Waals surface area contributed by atoms with Gasteiger partial charge < -0.3 is 21.5 Å². The molecule has 0 bridgehead atoms. The fourth-order valence-electron chi connectivity index (χ4n) is 3.76. The van der Waals surface area contributed by atoms with Crippen molar-refractivity contribution in [1.82, 2.24) is 19.5 Å². The first-order valence-electron chi connectivity index (χ1n) is 10.7. The van der Waals surface area contributed by atoms with Crippen molar-refractivity contribution in [1.29, 1.82) is 0 Å². The zero-order chi connectivity index (χ0) is 25.4. The van der Waals surface area contributed by atoms with Gasteiger partial charge in [0.15, 0.2) is 17.4 Å². The Morgan fingerprint density at radius 1 is 0.972 bits per heavy atom. The second-order valence-corrected chi connectivity index (χ2v) is 7.88. The summed E-state index contributed by atoms with van der Waals surface area (Å²) in [5.74, 6) is -1.08. The van der Waals surface area contributed by atoms with Crippen LogP contribution in [0.15, 0.2) is 71.9 Å². The van der Waals surface area contributed by atoms with Crippen LogP contribution in [0.2, 0.25) is 0 Å². The lowest BCUT2D eigenvalue weighted by molar-refractivity contribution is 0.429. The second kappa shape index (κ2) is 8.95. The van der Waals surface area contributed by atoms with E-state index in [0.717, 1.165) is 6.33 Å². The molecule has 0 spiro atoms. The van der Waals surface area contributed by atoms with Crippen LogP contribution in [0.4, 0.5) is 31.8 Å². The molecule has 0 atom stereocenters. The summed E-state index contributed by atoms with van der Waals surface area (Å²) in [6.45, 7) is 1.78. The molecule has 36 heavy (non-hydrogen) atoms. The minimum Gasteiger partial charge on any atom is -0.434 e. The highest BCUT2D eigenvalue weighted by atomic mass is 19.1. The third-order valence-corrected chi connectivity index (χ3v) is 5.48. The second-order valence-electron chi connectivity index (χ2n) is 7.88. The number of anilines is 4. The predicted molar refractivity (Wildman–Crippen MR) is 133 cm³/mol. The van der Waals surface area contributed by atoms with Gasteiger partial charge in [0.05, 0.1) is 5.39 Å². The minimum atomic E-state index is -0.712. The van der Waals surface area contributed by atoms with E-state index in [0.29, 0.717) is 22.5 Å². The van der Waals surface area contributed by atoms with E-state index in [-0.39, 0.29) is 39.9 Å². The fraction of sp³-hybridized carbons (Fsp3) is 0.0400. The lowest BCUT2D eigenvalue weighted by atomic mass is 10.1. The van der Waals surface area contributed by atoms with E-state index >= 15 is 0 Å². The first kappa shape index (κ1) is 22.7. The van der Waals surface area contributed by atoms with Crippen LogP contribution in [-0.2, 0) is 0 Å². The molecule has 9 nitrogen and oxygen atoms in total. The Hall–Kier alpha value is -5.06. The summed E-state index contributed by atoms with van der Waals surface area (Å²) in [7, 11) is 0. The largest absolute Gasteiger partial charge is 0.434 e. The van der Waals surface area contributed by atoms with E-state index < -0.39 is 11.6 Å². The molecule has 0 unspecified atom stereocenters. The summed E-state index contributed by atoms with van der Waals surface area (Å²) in [5.41, 5.74) is 12.5. The van der Waals surface area contributed by atoms with E-state index in [4.69, 9.17) is 16.2 Å². The number of nitrogens with zero attached hydrogens (tertiary/aromatic N) is 4. The van der Waals surface area contributed by atoms with Gasteiger partial charge in [0.25, 0.3) is 5.56 Å². The van der Waals surface area contributed by atoms with Crippen LogP contribution >= 0.6 is 0 Å². The molecule has 11 heteroatoms. The summed E-state index contributed by atoms with van der Waals surface area (Å²) in [6, 6.07) is 13.2. The first-order chi connectivity index (χ1) is 17.3. The number of nitrogen functional groups attached to an aromatic ring is 2. The number of ether oxygens (including phenoxy) is 1. The smallest absolute Gasteiger partial charge is 0.266 e. The average Bonchev–Trinajstić information content (AvgIpc) is 2.84. The van der Waals surface area contributed by atoms with Crippen molar-refractivity contribution in [3.05, 3.63) is 94.8 Å². The standard InChI is InChI=1S/C25H19F2N7O2/c1-13-10-14-8-9-30-23(20(14)25(35)34(13)17-5-2-15(26)3-6-17)33-16-4-7-19(18(27)11-16)36-24-21(28)22(29)31-12-32-24/h2-12H,28H2,1H3,(H,30,33)(H2,29,31,32). The molecule has 0 fully saturated rings. The van der Waals surface area contributed by atoms with Crippen molar-refractivity contribution in [3.63, 3.8) is 0 Å². The highest BCUT2D eigenvalue weighted by Gasteiger charge is 2.15. The maximum absolute atomic E-state index is 14.8.